The zero-order valence-corrected chi connectivity index (χ0v) is 22.7. The highest BCUT2D eigenvalue weighted by Crippen LogP contribution is 2.23. The third-order valence-electron chi connectivity index (χ3n) is 5.58. The minimum Gasteiger partial charge on any atom is -0.488 e. The molecule has 3 aromatic carbocycles. The maximum atomic E-state index is 12.9. The van der Waals surface area contributed by atoms with E-state index in [2.05, 4.69) is 15.0 Å². The van der Waals surface area contributed by atoms with E-state index < -0.39 is 10.0 Å². The van der Waals surface area contributed by atoms with Crippen molar-refractivity contribution < 1.29 is 22.7 Å². The number of nitrogens with zero attached hydrogens (tertiary/aromatic N) is 1. The van der Waals surface area contributed by atoms with Gasteiger partial charge in [0.05, 0.1) is 11.5 Å². The van der Waals surface area contributed by atoms with Crippen LogP contribution in [0, 0.1) is 0 Å². The van der Waals surface area contributed by atoms with Crippen molar-refractivity contribution in [2.24, 2.45) is 0 Å². The molecule has 0 spiro atoms. The van der Waals surface area contributed by atoms with Crippen LogP contribution in [0.5, 0.6) is 5.75 Å². The Hall–Kier alpha value is -3.73. The molecule has 1 amide bonds. The number of sulfonamides is 1. The second-order valence-corrected chi connectivity index (χ2v) is 11.2. The number of thiazole rings is 1. The van der Waals surface area contributed by atoms with Crippen LogP contribution in [0.25, 0.3) is 0 Å². The number of anilines is 2. The van der Waals surface area contributed by atoms with Crippen LogP contribution in [-0.2, 0) is 27.6 Å². The lowest BCUT2D eigenvalue weighted by molar-refractivity contribution is 0.0916. The Morgan fingerprint density at radius 2 is 1.74 bits per heavy atom. The van der Waals surface area contributed by atoms with Gasteiger partial charge in [-0.2, -0.15) is 0 Å². The summed E-state index contributed by atoms with van der Waals surface area (Å²) in [4.78, 5) is 17.2. The van der Waals surface area contributed by atoms with Crippen LogP contribution in [0.3, 0.4) is 0 Å². The number of hydrogen-bond donors (Lipinski definition) is 2. The molecule has 0 aliphatic rings. The van der Waals surface area contributed by atoms with Crippen molar-refractivity contribution in [1.29, 1.82) is 0 Å². The molecule has 0 saturated heterocycles. The summed E-state index contributed by atoms with van der Waals surface area (Å²) in [5.74, 6) is 0.322. The van der Waals surface area contributed by atoms with Crippen LogP contribution >= 0.6 is 11.3 Å². The summed E-state index contributed by atoms with van der Waals surface area (Å²) < 4.78 is 38.9. The molecule has 0 aliphatic heterocycles. The van der Waals surface area contributed by atoms with E-state index in [0.29, 0.717) is 41.6 Å². The lowest BCUT2D eigenvalue weighted by atomic mass is 10.0. The third-order valence-corrected chi connectivity index (χ3v) is 7.67. The highest BCUT2D eigenvalue weighted by Gasteiger charge is 2.15. The molecule has 8 nitrogen and oxygen atoms in total. The van der Waals surface area contributed by atoms with Crippen LogP contribution in [-0.4, -0.2) is 39.1 Å². The lowest BCUT2D eigenvalue weighted by Crippen LogP contribution is -2.19. The molecule has 1 aromatic heterocycles. The molecule has 1 atom stereocenters. The van der Waals surface area contributed by atoms with Gasteiger partial charge in [-0.15, -0.1) is 11.3 Å². The molecule has 198 valence electrons. The SMILES string of the molecule is COC[C@H](C)Oc1cc(CCc2ccc(NS(=O)(=O)c3ccccc3)cc2)cc(C(=O)Nc2nccs2)c1. The number of nitrogens with one attached hydrogen (secondary N) is 2. The van der Waals surface area contributed by atoms with E-state index in [0.717, 1.165) is 11.1 Å². The van der Waals surface area contributed by atoms with Crippen molar-refractivity contribution in [3.63, 3.8) is 0 Å². The molecule has 10 heteroatoms. The fraction of sp³-hybridized carbons (Fsp3) is 0.214. The fourth-order valence-electron chi connectivity index (χ4n) is 3.80. The number of benzene rings is 3. The number of rotatable bonds is 12. The smallest absolute Gasteiger partial charge is 0.261 e. The third kappa shape index (κ3) is 7.64. The second-order valence-electron chi connectivity index (χ2n) is 8.66. The van der Waals surface area contributed by atoms with E-state index in [1.807, 2.05) is 31.2 Å². The van der Waals surface area contributed by atoms with E-state index in [-0.39, 0.29) is 16.9 Å². The predicted octanol–water partition coefficient (Wildman–Crippen LogP) is 5.40. The van der Waals surface area contributed by atoms with Crippen LogP contribution in [0.15, 0.2) is 89.3 Å². The number of methoxy groups -OCH3 is 1. The first-order chi connectivity index (χ1) is 18.3. The molecule has 0 radical (unpaired) electrons. The van der Waals surface area contributed by atoms with Gasteiger partial charge in [-0.05, 0) is 73.4 Å². The molecule has 4 aromatic rings. The number of aryl methyl sites for hydroxylation is 2. The molecule has 0 unspecified atom stereocenters. The summed E-state index contributed by atoms with van der Waals surface area (Å²) in [6, 6.07) is 21.0. The van der Waals surface area contributed by atoms with Crippen LogP contribution < -0.4 is 14.8 Å². The maximum absolute atomic E-state index is 12.9. The average molecular weight is 552 g/mol. The number of ether oxygens (including phenoxy) is 2. The van der Waals surface area contributed by atoms with E-state index >= 15 is 0 Å². The largest absolute Gasteiger partial charge is 0.488 e. The zero-order chi connectivity index (χ0) is 27.0. The molecule has 0 aliphatic carbocycles. The summed E-state index contributed by atoms with van der Waals surface area (Å²) in [7, 11) is -2.03. The number of carbonyl (C=O) groups is 1. The average Bonchev–Trinajstić information content (AvgIpc) is 3.42. The van der Waals surface area contributed by atoms with Gasteiger partial charge in [0.25, 0.3) is 15.9 Å². The van der Waals surface area contributed by atoms with Gasteiger partial charge in [0.2, 0.25) is 0 Å². The standard InChI is InChI=1S/C28H29N3O5S2/c1-20(19-35-2)36-25-17-22(16-23(18-25)27(32)30-28-29-14-15-37-28)9-8-21-10-12-24(13-11-21)31-38(33,34)26-6-4-3-5-7-26/h3-7,10-18,20,31H,8-9,19H2,1-2H3,(H,29,30,32)/t20-/m0/s1. The van der Waals surface area contributed by atoms with Crippen molar-refractivity contribution in [3.05, 3.63) is 101 Å². The summed E-state index contributed by atoms with van der Waals surface area (Å²) >= 11 is 1.35. The number of hydrogen-bond acceptors (Lipinski definition) is 7. The van der Waals surface area contributed by atoms with E-state index in [9.17, 15) is 13.2 Å². The highest BCUT2D eigenvalue weighted by molar-refractivity contribution is 7.92. The van der Waals surface area contributed by atoms with Gasteiger partial charge in [0, 0.05) is 29.9 Å². The first-order valence-corrected chi connectivity index (χ1v) is 14.4. The Bertz CT molecular complexity index is 1440. The molecule has 0 fully saturated rings. The van der Waals surface area contributed by atoms with Gasteiger partial charge in [0.15, 0.2) is 5.13 Å². The Morgan fingerprint density at radius 1 is 1.00 bits per heavy atom. The molecule has 0 bridgehead atoms. The van der Waals surface area contributed by atoms with E-state index in [4.69, 9.17) is 9.47 Å². The zero-order valence-electron chi connectivity index (χ0n) is 21.1. The van der Waals surface area contributed by atoms with Gasteiger partial charge in [-0.1, -0.05) is 30.3 Å². The topological polar surface area (TPSA) is 107 Å². The fourth-order valence-corrected chi connectivity index (χ4v) is 5.41. The number of amides is 1. The maximum Gasteiger partial charge on any atom is 0.261 e. The number of carbonyl (C=O) groups excluding carboxylic acids is 1. The monoisotopic (exact) mass is 551 g/mol. The van der Waals surface area contributed by atoms with Crippen LogP contribution in [0.4, 0.5) is 10.8 Å². The molecular weight excluding hydrogens is 522 g/mol. The Balaban J connectivity index is 1.45. The van der Waals surface area contributed by atoms with Gasteiger partial charge in [-0.25, -0.2) is 13.4 Å². The lowest BCUT2D eigenvalue weighted by Gasteiger charge is -2.16. The number of aromatic nitrogens is 1. The van der Waals surface area contributed by atoms with Gasteiger partial charge < -0.3 is 9.47 Å². The summed E-state index contributed by atoms with van der Waals surface area (Å²) in [5, 5.41) is 5.14. The minimum absolute atomic E-state index is 0.183. The van der Waals surface area contributed by atoms with E-state index in [1.165, 1.54) is 11.3 Å². The Kier molecular flexibility index (Phi) is 9.11. The van der Waals surface area contributed by atoms with Crippen LogP contribution in [0.1, 0.15) is 28.4 Å². The molecule has 1 heterocycles. The summed E-state index contributed by atoms with van der Waals surface area (Å²) in [6.45, 7) is 2.32. The Morgan fingerprint density at radius 3 is 2.42 bits per heavy atom. The normalized spacial score (nSPS) is 12.1. The van der Waals surface area contributed by atoms with Crippen molar-refractivity contribution in [3.8, 4) is 5.75 Å². The minimum atomic E-state index is -3.65. The molecule has 38 heavy (non-hydrogen) atoms. The summed E-state index contributed by atoms with van der Waals surface area (Å²) in [6.07, 6.45) is 2.80. The molecule has 2 N–H and O–H groups in total. The van der Waals surface area contributed by atoms with Gasteiger partial charge in [-0.3, -0.25) is 14.8 Å². The van der Waals surface area contributed by atoms with Crippen molar-refractivity contribution in [2.45, 2.75) is 30.8 Å². The predicted molar refractivity (Wildman–Crippen MR) is 150 cm³/mol. The first kappa shape index (κ1) is 27.3. The van der Waals surface area contributed by atoms with Crippen molar-refractivity contribution in [2.75, 3.05) is 23.8 Å². The first-order valence-electron chi connectivity index (χ1n) is 12.0. The second kappa shape index (κ2) is 12.7. The highest BCUT2D eigenvalue weighted by atomic mass is 32.2. The van der Waals surface area contributed by atoms with Gasteiger partial charge >= 0.3 is 0 Å². The molecule has 4 rings (SSSR count). The van der Waals surface area contributed by atoms with Gasteiger partial charge in [0.1, 0.15) is 11.9 Å². The molecular formula is C28H29N3O5S2. The molecule has 0 saturated carbocycles. The van der Waals surface area contributed by atoms with Crippen LogP contribution in [0.2, 0.25) is 0 Å². The summed E-state index contributed by atoms with van der Waals surface area (Å²) in [5.41, 5.74) is 2.93. The van der Waals surface area contributed by atoms with Crippen molar-refractivity contribution >= 4 is 38.1 Å². The van der Waals surface area contributed by atoms with E-state index in [1.54, 1.807) is 67.2 Å². The Labute approximate surface area is 226 Å². The quantitative estimate of drug-likeness (QED) is 0.244. The van der Waals surface area contributed by atoms with Crippen molar-refractivity contribution in [1.82, 2.24) is 4.98 Å².